The van der Waals surface area contributed by atoms with Crippen LogP contribution in [0.4, 0.5) is 5.69 Å². The van der Waals surface area contributed by atoms with Crippen molar-refractivity contribution in [3.8, 4) is 0 Å². The van der Waals surface area contributed by atoms with Crippen LogP contribution < -0.4 is 15.5 Å². The highest BCUT2D eigenvalue weighted by Crippen LogP contribution is 2.22. The number of amides is 3. The Labute approximate surface area is 180 Å². The maximum atomic E-state index is 12.8. The number of H-pyrrole nitrogens is 1. The lowest BCUT2D eigenvalue weighted by Gasteiger charge is -2.18. The number of hydrogen-bond donors (Lipinski definition) is 3. The molecule has 31 heavy (non-hydrogen) atoms. The Morgan fingerprint density at radius 2 is 1.90 bits per heavy atom. The van der Waals surface area contributed by atoms with E-state index in [0.29, 0.717) is 19.4 Å². The lowest BCUT2D eigenvalue weighted by molar-refractivity contribution is -0.128. The normalized spacial score (nSPS) is 14.6. The highest BCUT2D eigenvalue weighted by molar-refractivity contribution is 5.95. The molecule has 4 rings (SSSR count). The van der Waals surface area contributed by atoms with Gasteiger partial charge in [0.1, 0.15) is 6.04 Å². The fourth-order valence-electron chi connectivity index (χ4n) is 4.00. The number of fused-ring (bicyclic) bond motifs is 1. The summed E-state index contributed by atoms with van der Waals surface area (Å²) in [5.74, 6) is -0.338. The molecule has 1 aliphatic heterocycles. The van der Waals surface area contributed by atoms with Crippen molar-refractivity contribution in [3.05, 3.63) is 65.9 Å². The van der Waals surface area contributed by atoms with Gasteiger partial charge in [0.25, 0.3) is 0 Å². The lowest BCUT2D eigenvalue weighted by Crippen LogP contribution is -2.47. The first-order valence-electron chi connectivity index (χ1n) is 10.5. The van der Waals surface area contributed by atoms with Crippen LogP contribution >= 0.6 is 0 Å². The summed E-state index contributed by atoms with van der Waals surface area (Å²) < 4.78 is 0. The zero-order valence-corrected chi connectivity index (χ0v) is 17.5. The molecule has 7 heteroatoms. The Bertz CT molecular complexity index is 1100. The minimum atomic E-state index is -0.668. The van der Waals surface area contributed by atoms with E-state index in [-0.39, 0.29) is 17.7 Å². The number of benzene rings is 2. The third kappa shape index (κ3) is 4.77. The Hall–Kier alpha value is -3.61. The smallest absolute Gasteiger partial charge is 0.243 e. The standard InChI is InChI=1S/C24H26N4O3/c1-16(29)27-22(13-18-15-25-21-6-3-2-5-20(18)21)24(31)26-14-17-8-10-19(11-9-17)28-12-4-7-23(28)30/h2-3,5-6,8-11,15,22,25H,4,7,12-14H2,1H3,(H,26,31)(H,27,29). The van der Waals surface area contributed by atoms with E-state index < -0.39 is 6.04 Å². The third-order valence-electron chi connectivity index (χ3n) is 5.58. The highest BCUT2D eigenvalue weighted by atomic mass is 16.2. The van der Waals surface area contributed by atoms with Crippen molar-refractivity contribution < 1.29 is 14.4 Å². The van der Waals surface area contributed by atoms with Crippen molar-refractivity contribution in [3.63, 3.8) is 0 Å². The Morgan fingerprint density at radius 1 is 1.13 bits per heavy atom. The first-order valence-corrected chi connectivity index (χ1v) is 10.5. The first-order chi connectivity index (χ1) is 15.0. The Balaban J connectivity index is 1.40. The summed E-state index contributed by atoms with van der Waals surface area (Å²) >= 11 is 0. The number of para-hydroxylation sites is 1. The molecule has 1 fully saturated rings. The van der Waals surface area contributed by atoms with E-state index in [0.717, 1.165) is 40.7 Å². The van der Waals surface area contributed by atoms with Gasteiger partial charge in [-0.3, -0.25) is 14.4 Å². The molecule has 2 aromatic carbocycles. The molecule has 2 heterocycles. The molecule has 3 N–H and O–H groups in total. The van der Waals surface area contributed by atoms with E-state index in [2.05, 4.69) is 15.6 Å². The quantitative estimate of drug-likeness (QED) is 0.551. The summed E-state index contributed by atoms with van der Waals surface area (Å²) in [7, 11) is 0. The minimum absolute atomic E-state index is 0.150. The van der Waals surface area contributed by atoms with Gasteiger partial charge < -0.3 is 20.5 Å². The van der Waals surface area contributed by atoms with E-state index >= 15 is 0 Å². The average Bonchev–Trinajstić information content (AvgIpc) is 3.38. The van der Waals surface area contributed by atoms with Crippen LogP contribution in [0.15, 0.2) is 54.7 Å². The number of nitrogens with zero attached hydrogens (tertiary/aromatic N) is 1. The second-order valence-corrected chi connectivity index (χ2v) is 7.85. The number of carbonyl (C=O) groups is 3. The number of nitrogens with one attached hydrogen (secondary N) is 3. The van der Waals surface area contributed by atoms with Crippen LogP contribution in [-0.2, 0) is 27.3 Å². The van der Waals surface area contributed by atoms with E-state index in [1.54, 1.807) is 4.90 Å². The monoisotopic (exact) mass is 418 g/mol. The highest BCUT2D eigenvalue weighted by Gasteiger charge is 2.22. The van der Waals surface area contributed by atoms with Crippen LogP contribution in [0.1, 0.15) is 30.9 Å². The van der Waals surface area contributed by atoms with Crippen LogP contribution in [0.25, 0.3) is 10.9 Å². The molecule has 0 bridgehead atoms. The molecule has 3 aromatic rings. The van der Waals surface area contributed by atoms with Gasteiger partial charge in [-0.25, -0.2) is 0 Å². The largest absolute Gasteiger partial charge is 0.361 e. The van der Waals surface area contributed by atoms with E-state index in [1.165, 1.54) is 6.92 Å². The molecule has 0 radical (unpaired) electrons. The van der Waals surface area contributed by atoms with E-state index in [1.807, 2.05) is 54.7 Å². The molecule has 3 amide bonds. The van der Waals surface area contributed by atoms with Gasteiger partial charge in [0.2, 0.25) is 17.7 Å². The molecule has 1 aromatic heterocycles. The zero-order valence-electron chi connectivity index (χ0n) is 17.5. The van der Waals surface area contributed by atoms with Crippen molar-refractivity contribution in [2.45, 2.75) is 38.8 Å². The molecular weight excluding hydrogens is 392 g/mol. The number of hydrogen-bond acceptors (Lipinski definition) is 3. The summed E-state index contributed by atoms with van der Waals surface area (Å²) in [6.45, 7) is 2.51. The molecule has 7 nitrogen and oxygen atoms in total. The molecule has 1 aliphatic rings. The molecule has 160 valence electrons. The second kappa shape index (κ2) is 9.04. The maximum Gasteiger partial charge on any atom is 0.243 e. The average molecular weight is 418 g/mol. The summed E-state index contributed by atoms with van der Waals surface area (Å²) in [6.07, 6.45) is 3.76. The predicted molar refractivity (Wildman–Crippen MR) is 119 cm³/mol. The summed E-state index contributed by atoms with van der Waals surface area (Å²) in [4.78, 5) is 41.4. The van der Waals surface area contributed by atoms with Crippen molar-refractivity contribution >= 4 is 34.3 Å². The van der Waals surface area contributed by atoms with Crippen LogP contribution in [0.3, 0.4) is 0 Å². The topological polar surface area (TPSA) is 94.3 Å². The van der Waals surface area contributed by atoms with Gasteiger partial charge in [-0.2, -0.15) is 0 Å². The van der Waals surface area contributed by atoms with Crippen molar-refractivity contribution in [1.29, 1.82) is 0 Å². The fraction of sp³-hybridized carbons (Fsp3) is 0.292. The lowest BCUT2D eigenvalue weighted by atomic mass is 10.0. The van der Waals surface area contributed by atoms with Gasteiger partial charge in [-0.1, -0.05) is 30.3 Å². The Morgan fingerprint density at radius 3 is 2.61 bits per heavy atom. The van der Waals surface area contributed by atoms with Gasteiger partial charge in [-0.15, -0.1) is 0 Å². The summed E-state index contributed by atoms with van der Waals surface area (Å²) in [5.41, 5.74) is 3.78. The minimum Gasteiger partial charge on any atom is -0.361 e. The number of carbonyl (C=O) groups excluding carboxylic acids is 3. The molecule has 0 spiro atoms. The summed E-state index contributed by atoms with van der Waals surface area (Å²) in [5, 5.41) is 6.72. The van der Waals surface area contributed by atoms with Gasteiger partial charge in [0, 0.05) is 55.6 Å². The van der Waals surface area contributed by atoms with Crippen molar-refractivity contribution in [2.24, 2.45) is 0 Å². The maximum absolute atomic E-state index is 12.8. The van der Waals surface area contributed by atoms with Crippen LogP contribution in [0.5, 0.6) is 0 Å². The second-order valence-electron chi connectivity index (χ2n) is 7.85. The van der Waals surface area contributed by atoms with Gasteiger partial charge in [0.05, 0.1) is 0 Å². The molecule has 1 saturated heterocycles. The van der Waals surface area contributed by atoms with E-state index in [4.69, 9.17) is 0 Å². The number of anilines is 1. The molecular formula is C24H26N4O3. The number of rotatable bonds is 7. The van der Waals surface area contributed by atoms with Crippen LogP contribution in [0.2, 0.25) is 0 Å². The van der Waals surface area contributed by atoms with Crippen molar-refractivity contribution in [1.82, 2.24) is 15.6 Å². The Kier molecular flexibility index (Phi) is 6.02. The van der Waals surface area contributed by atoms with Gasteiger partial charge >= 0.3 is 0 Å². The predicted octanol–water partition coefficient (Wildman–Crippen LogP) is 2.66. The fourth-order valence-corrected chi connectivity index (χ4v) is 4.00. The first kappa shape index (κ1) is 20.7. The summed E-state index contributed by atoms with van der Waals surface area (Å²) in [6, 6.07) is 14.8. The number of aromatic amines is 1. The van der Waals surface area contributed by atoms with Crippen LogP contribution in [-0.4, -0.2) is 35.3 Å². The van der Waals surface area contributed by atoms with Crippen LogP contribution in [0, 0.1) is 0 Å². The van der Waals surface area contributed by atoms with Gasteiger partial charge in [0.15, 0.2) is 0 Å². The molecule has 0 saturated carbocycles. The molecule has 1 atom stereocenters. The SMILES string of the molecule is CC(=O)NC(Cc1c[nH]c2ccccc12)C(=O)NCc1ccc(N2CCCC2=O)cc1. The molecule has 0 aliphatic carbocycles. The van der Waals surface area contributed by atoms with Gasteiger partial charge in [-0.05, 0) is 35.7 Å². The van der Waals surface area contributed by atoms with Crippen molar-refractivity contribution in [2.75, 3.05) is 11.4 Å². The third-order valence-corrected chi connectivity index (χ3v) is 5.58. The molecule has 1 unspecified atom stereocenters. The number of aromatic nitrogens is 1. The zero-order chi connectivity index (χ0) is 21.8. The van der Waals surface area contributed by atoms with E-state index in [9.17, 15) is 14.4 Å².